The van der Waals surface area contributed by atoms with Crippen LogP contribution in [-0.4, -0.2) is 24.0 Å². The lowest BCUT2D eigenvalue weighted by atomic mass is 9.96. The number of rotatable bonds is 5. The molecule has 1 aliphatic heterocycles. The Labute approximate surface area is 180 Å². The van der Waals surface area contributed by atoms with Crippen molar-refractivity contribution in [2.24, 2.45) is 5.92 Å². The first kappa shape index (κ1) is 21.3. The maximum atomic E-state index is 13.1. The SMILES string of the molecule is N#Cc1nc(-c2ccco2)oc1N1CCC(C(=O)NNc2ccccc2C(F)(F)F)CC1. The van der Waals surface area contributed by atoms with Crippen molar-refractivity contribution < 1.29 is 26.8 Å². The van der Waals surface area contributed by atoms with E-state index in [0.29, 0.717) is 37.6 Å². The number of alkyl halides is 3. The molecule has 0 spiro atoms. The Balaban J connectivity index is 1.37. The predicted octanol–water partition coefficient (Wildman–Crippen LogP) is 4.18. The minimum Gasteiger partial charge on any atom is -0.459 e. The van der Waals surface area contributed by atoms with E-state index in [-0.39, 0.29) is 17.3 Å². The summed E-state index contributed by atoms with van der Waals surface area (Å²) in [4.78, 5) is 18.4. The fourth-order valence-corrected chi connectivity index (χ4v) is 3.52. The van der Waals surface area contributed by atoms with E-state index >= 15 is 0 Å². The smallest absolute Gasteiger partial charge is 0.418 e. The second kappa shape index (κ2) is 8.66. The van der Waals surface area contributed by atoms with E-state index in [0.717, 1.165) is 6.07 Å². The molecule has 1 amide bonds. The second-order valence-corrected chi connectivity index (χ2v) is 7.18. The van der Waals surface area contributed by atoms with Gasteiger partial charge in [-0.05, 0) is 37.1 Å². The Bertz CT molecular complexity index is 1130. The number of piperidine rings is 1. The number of aromatic nitrogens is 1. The van der Waals surface area contributed by atoms with Crippen LogP contribution in [0, 0.1) is 17.2 Å². The zero-order valence-electron chi connectivity index (χ0n) is 16.6. The van der Waals surface area contributed by atoms with E-state index in [1.54, 1.807) is 12.1 Å². The summed E-state index contributed by atoms with van der Waals surface area (Å²) in [7, 11) is 0. The number of hydrazine groups is 1. The molecule has 0 radical (unpaired) electrons. The van der Waals surface area contributed by atoms with Crippen molar-refractivity contribution in [3.05, 3.63) is 53.9 Å². The van der Waals surface area contributed by atoms with Gasteiger partial charge in [0, 0.05) is 19.0 Å². The summed E-state index contributed by atoms with van der Waals surface area (Å²) >= 11 is 0. The van der Waals surface area contributed by atoms with Crippen molar-refractivity contribution in [3.8, 4) is 17.7 Å². The second-order valence-electron chi connectivity index (χ2n) is 7.18. The molecule has 0 atom stereocenters. The summed E-state index contributed by atoms with van der Waals surface area (Å²) in [6.45, 7) is 0.831. The lowest BCUT2D eigenvalue weighted by Gasteiger charge is -2.31. The zero-order chi connectivity index (χ0) is 22.7. The van der Waals surface area contributed by atoms with Crippen molar-refractivity contribution in [2.45, 2.75) is 19.0 Å². The third-order valence-corrected chi connectivity index (χ3v) is 5.15. The van der Waals surface area contributed by atoms with Gasteiger partial charge < -0.3 is 13.7 Å². The van der Waals surface area contributed by atoms with Gasteiger partial charge in [0.1, 0.15) is 6.07 Å². The molecule has 11 heteroatoms. The Morgan fingerprint density at radius 2 is 1.94 bits per heavy atom. The number of amides is 1. The molecule has 0 saturated carbocycles. The number of nitriles is 1. The first-order valence-corrected chi connectivity index (χ1v) is 9.78. The number of furan rings is 1. The number of hydrogen-bond acceptors (Lipinski definition) is 7. The maximum absolute atomic E-state index is 13.1. The molecular weight excluding hydrogens is 427 g/mol. The van der Waals surface area contributed by atoms with Gasteiger partial charge in [0.25, 0.3) is 5.89 Å². The van der Waals surface area contributed by atoms with Gasteiger partial charge in [0.05, 0.1) is 17.5 Å². The Morgan fingerprint density at radius 1 is 1.19 bits per heavy atom. The Kier molecular flexibility index (Phi) is 5.77. The number of carbonyl (C=O) groups excluding carboxylic acids is 1. The maximum Gasteiger partial charge on any atom is 0.418 e. The van der Waals surface area contributed by atoms with Crippen LogP contribution in [0.2, 0.25) is 0 Å². The highest BCUT2D eigenvalue weighted by molar-refractivity contribution is 5.80. The third kappa shape index (κ3) is 4.39. The van der Waals surface area contributed by atoms with E-state index in [9.17, 15) is 23.2 Å². The van der Waals surface area contributed by atoms with Gasteiger partial charge in [0.15, 0.2) is 5.76 Å². The number of carbonyl (C=O) groups is 1. The summed E-state index contributed by atoms with van der Waals surface area (Å²) in [5, 5.41) is 9.38. The van der Waals surface area contributed by atoms with E-state index in [1.165, 1.54) is 24.5 Å². The van der Waals surface area contributed by atoms with E-state index < -0.39 is 23.6 Å². The molecule has 1 saturated heterocycles. The highest BCUT2D eigenvalue weighted by Crippen LogP contribution is 2.34. The average molecular weight is 445 g/mol. The van der Waals surface area contributed by atoms with Gasteiger partial charge in [0.2, 0.25) is 17.5 Å². The van der Waals surface area contributed by atoms with E-state index in [1.807, 2.05) is 11.0 Å². The van der Waals surface area contributed by atoms with Crippen LogP contribution in [0.5, 0.6) is 0 Å². The van der Waals surface area contributed by atoms with Gasteiger partial charge in [-0.2, -0.15) is 23.4 Å². The molecule has 166 valence electrons. The summed E-state index contributed by atoms with van der Waals surface area (Å²) in [5.74, 6) is 0.0712. The molecule has 1 fully saturated rings. The monoisotopic (exact) mass is 445 g/mol. The fourth-order valence-electron chi connectivity index (χ4n) is 3.52. The van der Waals surface area contributed by atoms with Gasteiger partial charge in [-0.1, -0.05) is 12.1 Å². The highest BCUT2D eigenvalue weighted by atomic mass is 19.4. The first-order valence-electron chi connectivity index (χ1n) is 9.78. The van der Waals surface area contributed by atoms with E-state index in [2.05, 4.69) is 15.8 Å². The molecule has 32 heavy (non-hydrogen) atoms. The molecule has 4 rings (SSSR count). The first-order chi connectivity index (χ1) is 15.4. The predicted molar refractivity (Wildman–Crippen MR) is 107 cm³/mol. The number of anilines is 2. The third-order valence-electron chi connectivity index (χ3n) is 5.15. The minimum absolute atomic E-state index is 0.115. The topological polar surface area (TPSA) is 107 Å². The van der Waals surface area contributed by atoms with Crippen molar-refractivity contribution in [1.82, 2.24) is 10.4 Å². The van der Waals surface area contributed by atoms with E-state index in [4.69, 9.17) is 8.83 Å². The molecule has 2 N–H and O–H groups in total. The quantitative estimate of drug-likeness (QED) is 0.567. The number of halogens is 3. The normalized spacial score (nSPS) is 14.8. The number of benzene rings is 1. The van der Waals surface area contributed by atoms with Crippen molar-refractivity contribution in [3.63, 3.8) is 0 Å². The van der Waals surface area contributed by atoms with Crippen LogP contribution in [-0.2, 0) is 11.0 Å². The van der Waals surface area contributed by atoms with Crippen LogP contribution < -0.4 is 15.8 Å². The standard InChI is InChI=1S/C21H18F3N5O3/c22-21(23,24)14-4-1-2-5-15(14)27-28-18(30)13-7-9-29(10-8-13)20-16(12-25)26-19(32-20)17-6-3-11-31-17/h1-6,11,13,27H,7-10H2,(H,28,30). The minimum atomic E-state index is -4.54. The Hall–Kier alpha value is -3.94. The number of para-hydroxylation sites is 1. The van der Waals surface area contributed by atoms with Gasteiger partial charge >= 0.3 is 6.18 Å². The van der Waals surface area contributed by atoms with Gasteiger partial charge in [-0.25, -0.2) is 0 Å². The van der Waals surface area contributed by atoms with Crippen LogP contribution in [0.25, 0.3) is 11.7 Å². The molecule has 3 aromatic rings. The Morgan fingerprint density at radius 3 is 2.59 bits per heavy atom. The molecule has 1 aromatic carbocycles. The number of nitrogens with zero attached hydrogens (tertiary/aromatic N) is 3. The average Bonchev–Trinajstić information content (AvgIpc) is 3.47. The van der Waals surface area contributed by atoms with Crippen LogP contribution in [0.4, 0.5) is 24.7 Å². The molecule has 2 aromatic heterocycles. The zero-order valence-corrected chi connectivity index (χ0v) is 16.6. The van der Waals surface area contributed by atoms with Crippen LogP contribution >= 0.6 is 0 Å². The lowest BCUT2D eigenvalue weighted by Crippen LogP contribution is -2.42. The number of oxazole rings is 1. The number of hydrogen-bond donors (Lipinski definition) is 2. The van der Waals surface area contributed by atoms with Crippen LogP contribution in [0.1, 0.15) is 24.1 Å². The number of nitrogens with one attached hydrogen (secondary N) is 2. The summed E-state index contributed by atoms with van der Waals surface area (Å²) in [6, 6.07) is 10.2. The van der Waals surface area contributed by atoms with Crippen molar-refractivity contribution in [1.29, 1.82) is 5.26 Å². The molecule has 1 aliphatic rings. The lowest BCUT2D eigenvalue weighted by molar-refractivity contribution is -0.137. The largest absolute Gasteiger partial charge is 0.459 e. The molecule has 8 nitrogen and oxygen atoms in total. The van der Waals surface area contributed by atoms with Crippen molar-refractivity contribution in [2.75, 3.05) is 23.4 Å². The molecule has 0 aliphatic carbocycles. The van der Waals surface area contributed by atoms with Crippen LogP contribution in [0.3, 0.4) is 0 Å². The molecule has 0 unspecified atom stereocenters. The van der Waals surface area contributed by atoms with Gasteiger partial charge in [-0.3, -0.25) is 15.6 Å². The molecule has 0 bridgehead atoms. The fraction of sp³-hybridized carbons (Fsp3) is 0.286. The summed E-state index contributed by atoms with van der Waals surface area (Å²) in [6.07, 6.45) is -2.22. The summed E-state index contributed by atoms with van der Waals surface area (Å²) in [5.41, 5.74) is 3.78. The molecule has 3 heterocycles. The summed E-state index contributed by atoms with van der Waals surface area (Å²) < 4.78 is 50.2. The highest BCUT2D eigenvalue weighted by Gasteiger charge is 2.34. The van der Waals surface area contributed by atoms with Crippen LogP contribution in [0.15, 0.2) is 51.5 Å². The van der Waals surface area contributed by atoms with Crippen molar-refractivity contribution >= 4 is 17.5 Å². The molecular formula is C21H18F3N5O3. The van der Waals surface area contributed by atoms with Gasteiger partial charge in [-0.15, -0.1) is 0 Å².